The van der Waals surface area contributed by atoms with E-state index in [1.807, 2.05) is 0 Å². The molecule has 0 aliphatic carbocycles. The number of carbonyl (C=O) groups is 2. The summed E-state index contributed by atoms with van der Waals surface area (Å²) >= 11 is 0. The van der Waals surface area contributed by atoms with Gasteiger partial charge < -0.3 is 9.64 Å². The highest BCUT2D eigenvalue weighted by Crippen LogP contribution is 2.18. The molecule has 1 aliphatic rings. The van der Waals surface area contributed by atoms with Gasteiger partial charge in [0, 0.05) is 12.6 Å². The molecule has 0 radical (unpaired) electrons. The van der Waals surface area contributed by atoms with Crippen LogP contribution in [0.25, 0.3) is 0 Å². The van der Waals surface area contributed by atoms with Crippen LogP contribution < -0.4 is 0 Å². The largest absolute Gasteiger partial charge is 0.466 e. The molecule has 0 bridgehead atoms. The molecule has 13 heavy (non-hydrogen) atoms. The van der Waals surface area contributed by atoms with E-state index in [0.717, 1.165) is 25.8 Å². The topological polar surface area (TPSA) is 46.6 Å². The van der Waals surface area contributed by atoms with E-state index in [9.17, 15) is 9.59 Å². The Morgan fingerprint density at radius 3 is 3.08 bits per heavy atom. The van der Waals surface area contributed by atoms with Crippen LogP contribution in [-0.4, -0.2) is 36.5 Å². The van der Waals surface area contributed by atoms with E-state index >= 15 is 0 Å². The average Bonchev–Trinajstić information content (AvgIpc) is 2.52. The fourth-order valence-electron chi connectivity index (χ4n) is 1.63. The van der Waals surface area contributed by atoms with Crippen molar-refractivity contribution in [1.29, 1.82) is 0 Å². The van der Waals surface area contributed by atoms with Gasteiger partial charge >= 0.3 is 5.97 Å². The summed E-state index contributed by atoms with van der Waals surface area (Å²) in [5, 5.41) is 0. The summed E-state index contributed by atoms with van der Waals surface area (Å²) in [5.74, 6) is -0.207. The second kappa shape index (κ2) is 4.84. The Bertz CT molecular complexity index is 193. The molecule has 0 aromatic carbocycles. The molecule has 0 aromatic rings. The molecule has 74 valence electrons. The Hall–Kier alpha value is -1.06. The SMILES string of the molecule is CCOC(=O)CC1CCCN1C=O. The van der Waals surface area contributed by atoms with E-state index in [2.05, 4.69) is 0 Å². The summed E-state index contributed by atoms with van der Waals surface area (Å²) in [4.78, 5) is 23.3. The fourth-order valence-corrected chi connectivity index (χ4v) is 1.63. The maximum atomic E-state index is 11.1. The molecule has 0 spiro atoms. The number of esters is 1. The molecular formula is C9H15NO3. The smallest absolute Gasteiger partial charge is 0.307 e. The van der Waals surface area contributed by atoms with Gasteiger partial charge in [-0.15, -0.1) is 0 Å². The predicted octanol–water partition coefficient (Wildman–Crippen LogP) is 0.560. The second-order valence-corrected chi connectivity index (χ2v) is 3.15. The highest BCUT2D eigenvalue weighted by atomic mass is 16.5. The van der Waals surface area contributed by atoms with Crippen molar-refractivity contribution in [3.63, 3.8) is 0 Å². The summed E-state index contributed by atoms with van der Waals surface area (Å²) in [6.45, 7) is 2.96. The summed E-state index contributed by atoms with van der Waals surface area (Å²) in [6, 6.07) is 0.0662. The first-order chi connectivity index (χ1) is 6.27. The monoisotopic (exact) mass is 185 g/mol. The minimum Gasteiger partial charge on any atom is -0.466 e. The lowest BCUT2D eigenvalue weighted by atomic mass is 10.1. The van der Waals surface area contributed by atoms with Crippen LogP contribution in [0.15, 0.2) is 0 Å². The standard InChI is InChI=1S/C9H15NO3/c1-2-13-9(12)6-8-4-3-5-10(8)7-11/h7-8H,2-6H2,1H3. The number of carbonyl (C=O) groups excluding carboxylic acids is 2. The van der Waals surface area contributed by atoms with Gasteiger partial charge in [-0.2, -0.15) is 0 Å². The van der Waals surface area contributed by atoms with Crippen LogP contribution in [-0.2, 0) is 14.3 Å². The molecule has 1 heterocycles. The zero-order chi connectivity index (χ0) is 9.68. The molecule has 4 nitrogen and oxygen atoms in total. The number of rotatable bonds is 4. The lowest BCUT2D eigenvalue weighted by Gasteiger charge is -2.18. The number of likely N-dealkylation sites (tertiary alicyclic amines) is 1. The molecule has 1 aliphatic heterocycles. The van der Waals surface area contributed by atoms with Gasteiger partial charge in [-0.25, -0.2) is 0 Å². The lowest BCUT2D eigenvalue weighted by Crippen LogP contribution is -2.30. The van der Waals surface area contributed by atoms with E-state index in [4.69, 9.17) is 4.74 Å². The minimum atomic E-state index is -0.207. The van der Waals surface area contributed by atoms with Gasteiger partial charge in [0.1, 0.15) is 0 Å². The summed E-state index contributed by atoms with van der Waals surface area (Å²) in [7, 11) is 0. The summed E-state index contributed by atoms with van der Waals surface area (Å²) < 4.78 is 4.82. The Morgan fingerprint density at radius 2 is 2.46 bits per heavy atom. The van der Waals surface area contributed by atoms with Gasteiger partial charge in [-0.3, -0.25) is 9.59 Å². The van der Waals surface area contributed by atoms with E-state index in [-0.39, 0.29) is 12.0 Å². The quantitative estimate of drug-likeness (QED) is 0.475. The van der Waals surface area contributed by atoms with Crippen molar-refractivity contribution in [2.75, 3.05) is 13.2 Å². The van der Waals surface area contributed by atoms with Crippen molar-refractivity contribution in [2.45, 2.75) is 32.2 Å². The van der Waals surface area contributed by atoms with E-state index in [1.165, 1.54) is 0 Å². The third-order valence-electron chi connectivity index (χ3n) is 2.27. The van der Waals surface area contributed by atoms with Gasteiger partial charge in [0.2, 0.25) is 6.41 Å². The predicted molar refractivity (Wildman–Crippen MR) is 47.0 cm³/mol. The number of amides is 1. The van der Waals surface area contributed by atoms with Crippen molar-refractivity contribution in [3.8, 4) is 0 Å². The van der Waals surface area contributed by atoms with Crippen molar-refractivity contribution in [3.05, 3.63) is 0 Å². The van der Waals surface area contributed by atoms with Crippen LogP contribution in [0, 0.1) is 0 Å². The van der Waals surface area contributed by atoms with E-state index < -0.39 is 0 Å². The number of ether oxygens (including phenoxy) is 1. The minimum absolute atomic E-state index is 0.0662. The van der Waals surface area contributed by atoms with Crippen molar-refractivity contribution in [2.24, 2.45) is 0 Å². The van der Waals surface area contributed by atoms with Crippen LogP contribution >= 0.6 is 0 Å². The molecule has 1 saturated heterocycles. The normalized spacial score (nSPS) is 21.6. The van der Waals surface area contributed by atoms with Crippen LogP contribution in [0.5, 0.6) is 0 Å². The average molecular weight is 185 g/mol. The Kier molecular flexibility index (Phi) is 3.73. The van der Waals surface area contributed by atoms with Gasteiger partial charge in [-0.05, 0) is 19.8 Å². The Labute approximate surface area is 77.8 Å². The van der Waals surface area contributed by atoms with Crippen LogP contribution in [0.4, 0.5) is 0 Å². The molecule has 1 unspecified atom stereocenters. The first-order valence-corrected chi connectivity index (χ1v) is 4.64. The van der Waals surface area contributed by atoms with Gasteiger partial charge in [0.05, 0.1) is 13.0 Å². The van der Waals surface area contributed by atoms with Crippen molar-refractivity contribution >= 4 is 12.4 Å². The number of nitrogens with zero attached hydrogens (tertiary/aromatic N) is 1. The zero-order valence-electron chi connectivity index (χ0n) is 7.86. The molecule has 4 heteroatoms. The summed E-state index contributed by atoms with van der Waals surface area (Å²) in [6.07, 6.45) is 3.06. The molecule has 0 saturated carbocycles. The van der Waals surface area contributed by atoms with Gasteiger partial charge in [0.25, 0.3) is 0 Å². The number of hydrogen-bond donors (Lipinski definition) is 0. The molecule has 0 N–H and O–H groups in total. The molecule has 1 amide bonds. The maximum Gasteiger partial charge on any atom is 0.307 e. The third kappa shape index (κ3) is 2.72. The maximum absolute atomic E-state index is 11.1. The number of hydrogen-bond acceptors (Lipinski definition) is 3. The van der Waals surface area contributed by atoms with Crippen LogP contribution in [0.1, 0.15) is 26.2 Å². The molecule has 1 atom stereocenters. The highest BCUT2D eigenvalue weighted by molar-refractivity contribution is 5.70. The molecule has 1 rings (SSSR count). The van der Waals surface area contributed by atoms with Gasteiger partial charge in [0.15, 0.2) is 0 Å². The molecule has 0 aromatic heterocycles. The highest BCUT2D eigenvalue weighted by Gasteiger charge is 2.25. The van der Waals surface area contributed by atoms with Crippen LogP contribution in [0.3, 0.4) is 0 Å². The first-order valence-electron chi connectivity index (χ1n) is 4.64. The Morgan fingerprint density at radius 1 is 1.69 bits per heavy atom. The van der Waals surface area contributed by atoms with E-state index in [0.29, 0.717) is 13.0 Å². The van der Waals surface area contributed by atoms with Crippen molar-refractivity contribution in [1.82, 2.24) is 4.90 Å². The Balaban J connectivity index is 2.34. The summed E-state index contributed by atoms with van der Waals surface area (Å²) in [5.41, 5.74) is 0. The van der Waals surface area contributed by atoms with E-state index in [1.54, 1.807) is 11.8 Å². The molecular weight excluding hydrogens is 170 g/mol. The van der Waals surface area contributed by atoms with Crippen molar-refractivity contribution < 1.29 is 14.3 Å². The fraction of sp³-hybridized carbons (Fsp3) is 0.778. The van der Waals surface area contributed by atoms with Gasteiger partial charge in [-0.1, -0.05) is 0 Å². The lowest BCUT2D eigenvalue weighted by molar-refractivity contribution is -0.144. The third-order valence-corrected chi connectivity index (χ3v) is 2.27. The zero-order valence-corrected chi connectivity index (χ0v) is 7.86. The first kappa shape index (κ1) is 10.0. The second-order valence-electron chi connectivity index (χ2n) is 3.15. The molecule has 1 fully saturated rings. The van der Waals surface area contributed by atoms with Crippen LogP contribution in [0.2, 0.25) is 0 Å².